The van der Waals surface area contributed by atoms with Gasteiger partial charge < -0.3 is 14.0 Å². The van der Waals surface area contributed by atoms with Gasteiger partial charge in [0.25, 0.3) is 19.1 Å². The van der Waals surface area contributed by atoms with E-state index in [2.05, 4.69) is 14.0 Å². The fourth-order valence-electron chi connectivity index (χ4n) is 0.958. The largest absolute Gasteiger partial charge is 0.646 e. The Bertz CT molecular complexity index is 411. The van der Waals surface area contributed by atoms with Gasteiger partial charge in [-0.15, -0.1) is 0 Å². The van der Waals surface area contributed by atoms with E-state index < -0.39 is 63.4 Å². The van der Waals surface area contributed by atoms with Crippen molar-refractivity contribution >= 4 is 7.32 Å². The number of hydrogen-bond acceptors (Lipinski definition) is 3. The summed E-state index contributed by atoms with van der Waals surface area (Å²) in [5, 5.41) is 0. The summed E-state index contributed by atoms with van der Waals surface area (Å²) in [6.07, 6.45) is -29.1. The first-order chi connectivity index (χ1) is 12.4. The Morgan fingerprint density at radius 2 is 0.607 bits per heavy atom. The molecular formula is C9H6BF15O3. The van der Waals surface area contributed by atoms with Gasteiger partial charge in [-0.2, -0.15) is 26.3 Å². The van der Waals surface area contributed by atoms with Crippen LogP contribution < -0.4 is 0 Å². The highest BCUT2D eigenvalue weighted by Gasteiger charge is 2.58. The summed E-state index contributed by atoms with van der Waals surface area (Å²) in [6, 6.07) is 0. The summed E-state index contributed by atoms with van der Waals surface area (Å²) in [7, 11) is -4.24. The van der Waals surface area contributed by atoms with Crippen molar-refractivity contribution in [3.05, 3.63) is 0 Å². The predicted octanol–water partition coefficient (Wildman–Crippen LogP) is 4.61. The molecular weight excluding hydrogens is 452 g/mol. The van der Waals surface area contributed by atoms with Crippen molar-refractivity contribution in [2.24, 2.45) is 0 Å². The lowest BCUT2D eigenvalue weighted by atomic mass is 10.2. The van der Waals surface area contributed by atoms with Gasteiger partial charge in [0.05, 0.1) is 0 Å². The van der Waals surface area contributed by atoms with Crippen molar-refractivity contribution in [2.45, 2.75) is 56.1 Å². The van der Waals surface area contributed by atoms with Crippen LogP contribution in [0.25, 0.3) is 0 Å². The fourth-order valence-corrected chi connectivity index (χ4v) is 0.958. The molecule has 0 saturated carbocycles. The van der Waals surface area contributed by atoms with E-state index in [1.54, 1.807) is 0 Å². The Hall–Kier alpha value is -1.11. The van der Waals surface area contributed by atoms with Gasteiger partial charge in [0.15, 0.2) is 0 Å². The first-order valence-electron chi connectivity index (χ1n) is 6.24. The van der Waals surface area contributed by atoms with E-state index >= 15 is 0 Å². The van der Waals surface area contributed by atoms with E-state index in [1.165, 1.54) is 0 Å². The maximum atomic E-state index is 13.0. The second-order valence-corrected chi connectivity index (χ2v) is 4.57. The molecule has 0 N–H and O–H groups in total. The van der Waals surface area contributed by atoms with E-state index in [1.807, 2.05) is 0 Å². The molecule has 0 amide bonds. The van der Waals surface area contributed by atoms with Crippen molar-refractivity contribution in [2.75, 3.05) is 0 Å². The van der Waals surface area contributed by atoms with Crippen LogP contribution in [0.5, 0.6) is 0 Å². The van der Waals surface area contributed by atoms with E-state index in [0.29, 0.717) is 0 Å². The highest BCUT2D eigenvalue weighted by molar-refractivity contribution is 6.36. The molecule has 0 spiro atoms. The maximum absolute atomic E-state index is 13.0. The van der Waals surface area contributed by atoms with Gasteiger partial charge in [-0.3, -0.25) is 0 Å². The van der Waals surface area contributed by atoms with Gasteiger partial charge in [-0.1, -0.05) is 0 Å². The number of hydrogen-bond donors (Lipinski definition) is 0. The van der Waals surface area contributed by atoms with Gasteiger partial charge in [-0.05, 0) is 0 Å². The molecule has 0 saturated heterocycles. The molecule has 0 bridgehead atoms. The molecule has 28 heavy (non-hydrogen) atoms. The van der Waals surface area contributed by atoms with Crippen LogP contribution in [0.1, 0.15) is 0 Å². The molecule has 0 radical (unpaired) electrons. The Kier molecular flexibility index (Phi) is 9.22. The van der Waals surface area contributed by atoms with Crippen molar-refractivity contribution in [3.8, 4) is 0 Å². The zero-order chi connectivity index (χ0) is 22.7. The third kappa shape index (κ3) is 6.46. The molecule has 3 atom stereocenters. The zero-order valence-corrected chi connectivity index (χ0v) is 12.4. The summed E-state index contributed by atoms with van der Waals surface area (Å²) < 4.78 is 195. The first kappa shape index (κ1) is 26.9. The second kappa shape index (κ2) is 9.60. The van der Waals surface area contributed by atoms with Crippen LogP contribution in [-0.4, -0.2) is 63.4 Å². The average molecular weight is 458 g/mol. The molecule has 168 valence electrons. The monoisotopic (exact) mass is 458 g/mol. The lowest BCUT2D eigenvalue weighted by Crippen LogP contribution is -2.51. The third-order valence-electron chi connectivity index (χ3n) is 2.47. The molecule has 3 nitrogen and oxygen atoms in total. The van der Waals surface area contributed by atoms with E-state index in [0.717, 1.165) is 0 Å². The molecule has 19 heteroatoms. The number of halogens is 15. The molecule has 0 aliphatic heterocycles. The smallest absolute Gasteiger partial charge is 0.350 e. The molecule has 0 rings (SSSR count). The fraction of sp³-hybridized carbons (Fsp3) is 1.00. The topological polar surface area (TPSA) is 27.7 Å². The number of alkyl halides is 15. The minimum atomic E-state index is -5.89. The first-order valence-corrected chi connectivity index (χ1v) is 6.24. The highest BCUT2D eigenvalue weighted by atomic mass is 19.3. The molecule has 3 unspecified atom stereocenters. The van der Waals surface area contributed by atoms with Crippen LogP contribution in [0.3, 0.4) is 0 Å². The second-order valence-electron chi connectivity index (χ2n) is 4.57. The van der Waals surface area contributed by atoms with Crippen LogP contribution in [0, 0.1) is 0 Å². The molecule has 0 aliphatic rings. The van der Waals surface area contributed by atoms with Crippen molar-refractivity contribution in [1.29, 1.82) is 0 Å². The van der Waals surface area contributed by atoms with Crippen LogP contribution in [0.15, 0.2) is 0 Å². The van der Waals surface area contributed by atoms with Gasteiger partial charge in [-0.25, -0.2) is 39.5 Å². The van der Waals surface area contributed by atoms with Crippen molar-refractivity contribution in [1.82, 2.24) is 0 Å². The molecule has 0 aromatic carbocycles. The Labute approximate surface area is 144 Å². The van der Waals surface area contributed by atoms with Crippen LogP contribution in [0.2, 0.25) is 0 Å². The summed E-state index contributed by atoms with van der Waals surface area (Å²) in [6.45, 7) is 0. The Morgan fingerprint density at radius 1 is 0.429 bits per heavy atom. The minimum Gasteiger partial charge on any atom is -0.350 e. The van der Waals surface area contributed by atoms with Gasteiger partial charge in [0.2, 0.25) is 0 Å². The molecule has 0 aromatic heterocycles. The van der Waals surface area contributed by atoms with Crippen molar-refractivity contribution in [3.63, 3.8) is 0 Å². The molecule has 0 heterocycles. The molecule has 0 aliphatic carbocycles. The lowest BCUT2D eigenvalue weighted by Gasteiger charge is -2.28. The molecule has 0 fully saturated rings. The van der Waals surface area contributed by atoms with Gasteiger partial charge in [0.1, 0.15) is 0 Å². The SMILES string of the molecule is FC(F)C(F)(F)C(F)OB(OC(F)C(F)(F)C(F)F)OC(F)C(F)(F)C(F)F. The zero-order valence-electron chi connectivity index (χ0n) is 12.4. The third-order valence-corrected chi connectivity index (χ3v) is 2.47. The Morgan fingerprint density at radius 3 is 0.750 bits per heavy atom. The minimum absolute atomic E-state index is 2.89. The van der Waals surface area contributed by atoms with Crippen LogP contribution in [-0.2, 0) is 14.0 Å². The van der Waals surface area contributed by atoms with Gasteiger partial charge in [0, 0.05) is 0 Å². The summed E-state index contributed by atoms with van der Waals surface area (Å²) in [5.74, 6) is -17.7. The van der Waals surface area contributed by atoms with E-state index in [9.17, 15) is 65.9 Å². The quantitative estimate of drug-likeness (QED) is 0.316. The summed E-state index contributed by atoms with van der Waals surface area (Å²) in [5.41, 5.74) is 0. The van der Waals surface area contributed by atoms with Crippen LogP contribution >= 0.6 is 0 Å². The van der Waals surface area contributed by atoms with Crippen molar-refractivity contribution < 1.29 is 79.8 Å². The van der Waals surface area contributed by atoms with E-state index in [4.69, 9.17) is 0 Å². The predicted molar refractivity (Wildman–Crippen MR) is 56.6 cm³/mol. The summed E-state index contributed by atoms with van der Waals surface area (Å²) in [4.78, 5) is 0. The standard InChI is InChI=1S/C9H6BF15O3/c11-1(12)7(20,21)4(17)26-10(27-5(18)8(22,23)2(13)14)28-6(19)9(24,25)3(15)16/h1-6H. The summed E-state index contributed by atoms with van der Waals surface area (Å²) >= 11 is 0. The number of rotatable bonds is 12. The van der Waals surface area contributed by atoms with Crippen LogP contribution in [0.4, 0.5) is 65.9 Å². The van der Waals surface area contributed by atoms with Gasteiger partial charge >= 0.3 is 44.4 Å². The lowest BCUT2D eigenvalue weighted by molar-refractivity contribution is -0.268. The normalized spacial score (nSPS) is 17.4. The maximum Gasteiger partial charge on any atom is 0.646 e. The molecule has 0 aromatic rings. The van der Waals surface area contributed by atoms with E-state index in [-0.39, 0.29) is 0 Å². The average Bonchev–Trinajstić information content (AvgIpc) is 2.53. The Balaban J connectivity index is 5.55. The highest BCUT2D eigenvalue weighted by Crippen LogP contribution is 2.35.